The molecule has 12 heavy (non-hydrogen) atoms. The fraction of sp³-hybridized carbons (Fsp3) is 0.900. The monoisotopic (exact) mass is 167 g/mol. The summed E-state index contributed by atoms with van der Waals surface area (Å²) in [4.78, 5) is 11.7. The number of hydrogen-bond donors (Lipinski definition) is 1. The van der Waals surface area contributed by atoms with Gasteiger partial charge in [0.25, 0.3) is 0 Å². The van der Waals surface area contributed by atoms with E-state index in [1.54, 1.807) is 0 Å². The summed E-state index contributed by atoms with van der Waals surface area (Å²) in [5.41, 5.74) is 0. The van der Waals surface area contributed by atoms with E-state index in [1.807, 2.05) is 0 Å². The second kappa shape index (κ2) is 3.17. The molecule has 2 rings (SSSR count). The van der Waals surface area contributed by atoms with Gasteiger partial charge in [-0.2, -0.15) is 0 Å². The van der Waals surface area contributed by atoms with Crippen molar-refractivity contribution in [1.29, 1.82) is 0 Å². The average Bonchev–Trinajstić information content (AvgIpc) is 2.72. The second-order valence-electron chi connectivity index (χ2n) is 4.25. The van der Waals surface area contributed by atoms with Crippen LogP contribution in [0, 0.1) is 11.8 Å². The summed E-state index contributed by atoms with van der Waals surface area (Å²) in [5, 5.41) is 3.32. The normalized spacial score (nSPS) is 35.4. The summed E-state index contributed by atoms with van der Waals surface area (Å²) in [6, 6.07) is 0.427. The van der Waals surface area contributed by atoms with Crippen LogP contribution in [0.2, 0.25) is 0 Å². The van der Waals surface area contributed by atoms with E-state index in [9.17, 15) is 4.79 Å². The Morgan fingerprint density at radius 2 is 2.17 bits per heavy atom. The van der Waals surface area contributed by atoms with Gasteiger partial charge in [0.1, 0.15) is 5.78 Å². The van der Waals surface area contributed by atoms with E-state index in [4.69, 9.17) is 0 Å². The molecule has 1 aliphatic heterocycles. The summed E-state index contributed by atoms with van der Waals surface area (Å²) in [6.45, 7) is 3.16. The van der Waals surface area contributed by atoms with Crippen LogP contribution in [0.3, 0.4) is 0 Å². The highest BCUT2D eigenvalue weighted by molar-refractivity contribution is 5.82. The molecular weight excluding hydrogens is 150 g/mol. The standard InChI is InChI=1S/C10H17NO/c1-7-9(4-5-11-7)10(12)6-8-2-3-8/h7-9,11H,2-6H2,1H3. The largest absolute Gasteiger partial charge is 0.314 e. The fourth-order valence-corrected chi connectivity index (χ4v) is 2.06. The highest BCUT2D eigenvalue weighted by Gasteiger charge is 2.33. The molecule has 1 N–H and O–H groups in total. The highest BCUT2D eigenvalue weighted by atomic mass is 16.1. The molecule has 1 heterocycles. The molecule has 0 spiro atoms. The predicted octanol–water partition coefficient (Wildman–Crippen LogP) is 1.35. The first-order valence-electron chi connectivity index (χ1n) is 5.03. The highest BCUT2D eigenvalue weighted by Crippen LogP contribution is 2.34. The quantitative estimate of drug-likeness (QED) is 0.687. The third-order valence-electron chi connectivity index (χ3n) is 3.13. The lowest BCUT2D eigenvalue weighted by atomic mass is 9.93. The first-order chi connectivity index (χ1) is 5.77. The van der Waals surface area contributed by atoms with Crippen LogP contribution in [-0.2, 0) is 4.79 Å². The molecule has 0 aromatic heterocycles. The van der Waals surface area contributed by atoms with Gasteiger partial charge in [0, 0.05) is 18.4 Å². The number of carbonyl (C=O) groups is 1. The van der Waals surface area contributed by atoms with Crippen molar-refractivity contribution in [1.82, 2.24) is 5.32 Å². The van der Waals surface area contributed by atoms with Crippen LogP contribution >= 0.6 is 0 Å². The molecule has 2 atom stereocenters. The van der Waals surface area contributed by atoms with Crippen LogP contribution in [0.1, 0.15) is 32.6 Å². The zero-order valence-electron chi connectivity index (χ0n) is 7.68. The molecule has 2 unspecified atom stereocenters. The van der Waals surface area contributed by atoms with Crippen molar-refractivity contribution in [3.05, 3.63) is 0 Å². The van der Waals surface area contributed by atoms with Gasteiger partial charge in [0.05, 0.1) is 0 Å². The summed E-state index contributed by atoms with van der Waals surface area (Å²) in [7, 11) is 0. The molecule has 1 aliphatic carbocycles. The molecule has 2 fully saturated rings. The van der Waals surface area contributed by atoms with E-state index < -0.39 is 0 Å². The van der Waals surface area contributed by atoms with Crippen LogP contribution in [0.5, 0.6) is 0 Å². The van der Waals surface area contributed by atoms with Gasteiger partial charge < -0.3 is 5.32 Å². The first-order valence-corrected chi connectivity index (χ1v) is 5.03. The van der Waals surface area contributed by atoms with Gasteiger partial charge in [-0.25, -0.2) is 0 Å². The minimum Gasteiger partial charge on any atom is -0.314 e. The predicted molar refractivity (Wildman–Crippen MR) is 47.9 cm³/mol. The van der Waals surface area contributed by atoms with E-state index in [0.717, 1.165) is 25.3 Å². The lowest BCUT2D eigenvalue weighted by molar-refractivity contribution is -0.123. The maximum absolute atomic E-state index is 11.7. The van der Waals surface area contributed by atoms with Crippen LogP contribution in [-0.4, -0.2) is 18.4 Å². The summed E-state index contributed by atoms with van der Waals surface area (Å²) >= 11 is 0. The Morgan fingerprint density at radius 1 is 1.42 bits per heavy atom. The Kier molecular flexibility index (Phi) is 2.18. The molecule has 2 aliphatic rings. The molecule has 68 valence electrons. The lowest BCUT2D eigenvalue weighted by Gasteiger charge is -2.12. The fourth-order valence-electron chi connectivity index (χ4n) is 2.06. The molecule has 0 amide bonds. The zero-order chi connectivity index (χ0) is 8.55. The SMILES string of the molecule is CC1NCCC1C(=O)CC1CC1. The van der Waals surface area contributed by atoms with E-state index in [1.165, 1.54) is 12.8 Å². The zero-order valence-corrected chi connectivity index (χ0v) is 7.68. The van der Waals surface area contributed by atoms with E-state index in [-0.39, 0.29) is 0 Å². The Morgan fingerprint density at radius 3 is 2.67 bits per heavy atom. The Balaban J connectivity index is 1.84. The Bertz CT molecular complexity index is 186. The van der Waals surface area contributed by atoms with Gasteiger partial charge in [-0.15, -0.1) is 0 Å². The van der Waals surface area contributed by atoms with Gasteiger partial charge in [-0.05, 0) is 38.6 Å². The van der Waals surface area contributed by atoms with E-state index >= 15 is 0 Å². The van der Waals surface area contributed by atoms with Crippen molar-refractivity contribution in [2.24, 2.45) is 11.8 Å². The van der Waals surface area contributed by atoms with Crippen molar-refractivity contribution < 1.29 is 4.79 Å². The number of ketones is 1. The molecule has 1 saturated carbocycles. The van der Waals surface area contributed by atoms with Crippen LogP contribution in [0.15, 0.2) is 0 Å². The molecule has 2 heteroatoms. The third kappa shape index (κ3) is 1.69. The van der Waals surface area contributed by atoms with Gasteiger partial charge in [-0.1, -0.05) is 0 Å². The topological polar surface area (TPSA) is 29.1 Å². The van der Waals surface area contributed by atoms with Gasteiger partial charge in [0.2, 0.25) is 0 Å². The van der Waals surface area contributed by atoms with Crippen LogP contribution < -0.4 is 5.32 Å². The summed E-state index contributed by atoms with van der Waals surface area (Å²) in [5.74, 6) is 1.59. The Labute approximate surface area is 73.7 Å². The third-order valence-corrected chi connectivity index (χ3v) is 3.13. The number of carbonyl (C=O) groups excluding carboxylic acids is 1. The van der Waals surface area contributed by atoms with E-state index in [2.05, 4.69) is 12.2 Å². The van der Waals surface area contributed by atoms with Crippen molar-refractivity contribution in [2.75, 3.05) is 6.54 Å². The smallest absolute Gasteiger partial charge is 0.137 e. The Hall–Kier alpha value is -0.370. The van der Waals surface area contributed by atoms with Crippen LogP contribution in [0.4, 0.5) is 0 Å². The van der Waals surface area contributed by atoms with Gasteiger partial charge in [-0.3, -0.25) is 4.79 Å². The summed E-state index contributed by atoms with van der Waals surface area (Å²) in [6.07, 6.45) is 4.50. The molecule has 0 aromatic rings. The summed E-state index contributed by atoms with van der Waals surface area (Å²) < 4.78 is 0. The minimum atomic E-state index is 0.325. The number of rotatable bonds is 3. The van der Waals surface area contributed by atoms with Crippen molar-refractivity contribution >= 4 is 5.78 Å². The van der Waals surface area contributed by atoms with Crippen LogP contribution in [0.25, 0.3) is 0 Å². The van der Waals surface area contributed by atoms with Gasteiger partial charge in [0.15, 0.2) is 0 Å². The van der Waals surface area contributed by atoms with E-state index in [0.29, 0.717) is 17.7 Å². The minimum absolute atomic E-state index is 0.325. The number of Topliss-reactive ketones (excluding diaryl/α,β-unsaturated/α-hetero) is 1. The molecule has 2 nitrogen and oxygen atoms in total. The van der Waals surface area contributed by atoms with Crippen molar-refractivity contribution in [3.8, 4) is 0 Å². The number of hydrogen-bond acceptors (Lipinski definition) is 2. The lowest BCUT2D eigenvalue weighted by Crippen LogP contribution is -2.28. The molecular formula is C10H17NO. The molecule has 0 bridgehead atoms. The maximum atomic E-state index is 11.7. The first kappa shape index (κ1) is 8.24. The molecule has 1 saturated heterocycles. The van der Waals surface area contributed by atoms with Crippen molar-refractivity contribution in [3.63, 3.8) is 0 Å². The maximum Gasteiger partial charge on any atom is 0.137 e. The van der Waals surface area contributed by atoms with Gasteiger partial charge >= 0.3 is 0 Å². The number of nitrogens with one attached hydrogen (secondary N) is 1. The average molecular weight is 167 g/mol. The second-order valence-corrected chi connectivity index (χ2v) is 4.25. The molecule has 0 radical (unpaired) electrons. The molecule has 0 aromatic carbocycles. The van der Waals surface area contributed by atoms with Crippen molar-refractivity contribution in [2.45, 2.75) is 38.6 Å².